The van der Waals surface area contributed by atoms with Crippen molar-refractivity contribution in [1.82, 2.24) is 0 Å². The molecular weight excluding hydrogens is 179 g/mol. The van der Waals surface area contributed by atoms with Gasteiger partial charge in [0, 0.05) is 6.04 Å². The van der Waals surface area contributed by atoms with Crippen LogP contribution in [0.4, 0.5) is 13.2 Å². The fourth-order valence-corrected chi connectivity index (χ4v) is 1.19. The van der Waals surface area contributed by atoms with Gasteiger partial charge in [0.1, 0.15) is 0 Å². The van der Waals surface area contributed by atoms with Gasteiger partial charge < -0.3 is 5.73 Å². The van der Waals surface area contributed by atoms with Crippen LogP contribution in [0.15, 0.2) is 0 Å². The quantitative estimate of drug-likeness (QED) is 0.720. The molecule has 1 unspecified atom stereocenters. The Balaban J connectivity index is 3.46. The van der Waals surface area contributed by atoms with Crippen molar-refractivity contribution >= 4 is 0 Å². The lowest BCUT2D eigenvalue weighted by atomic mass is 10.0. The van der Waals surface area contributed by atoms with Gasteiger partial charge >= 0.3 is 6.18 Å². The minimum Gasteiger partial charge on any atom is -0.327 e. The molecule has 1 nitrogen and oxygen atoms in total. The topological polar surface area (TPSA) is 26.0 Å². The lowest BCUT2D eigenvalue weighted by Gasteiger charge is -2.14. The van der Waals surface area contributed by atoms with Gasteiger partial charge in [-0.25, -0.2) is 0 Å². The van der Waals surface area contributed by atoms with Crippen LogP contribution in [0.5, 0.6) is 0 Å². The van der Waals surface area contributed by atoms with E-state index in [1.165, 1.54) is 0 Å². The first kappa shape index (κ1) is 12.8. The lowest BCUT2D eigenvalue weighted by Crippen LogP contribution is -2.27. The SMILES string of the molecule is CC(C)CCCC(N)CC(F)(F)F. The van der Waals surface area contributed by atoms with E-state index >= 15 is 0 Å². The van der Waals surface area contributed by atoms with Crippen molar-refractivity contribution in [1.29, 1.82) is 0 Å². The highest BCUT2D eigenvalue weighted by Gasteiger charge is 2.29. The Bertz CT molecular complexity index is 131. The number of nitrogens with two attached hydrogens (primary N) is 1. The maximum absolute atomic E-state index is 11.8. The van der Waals surface area contributed by atoms with Gasteiger partial charge in [0.25, 0.3) is 0 Å². The molecule has 0 aliphatic rings. The van der Waals surface area contributed by atoms with Crippen molar-refractivity contribution in [2.24, 2.45) is 11.7 Å². The van der Waals surface area contributed by atoms with Gasteiger partial charge in [-0.05, 0) is 12.3 Å². The van der Waals surface area contributed by atoms with Crippen LogP contribution >= 0.6 is 0 Å². The summed E-state index contributed by atoms with van der Waals surface area (Å²) in [5.74, 6) is 0.540. The van der Waals surface area contributed by atoms with Crippen LogP contribution in [0.3, 0.4) is 0 Å². The van der Waals surface area contributed by atoms with Crippen molar-refractivity contribution in [3.8, 4) is 0 Å². The summed E-state index contributed by atoms with van der Waals surface area (Å²) in [6.07, 6.45) is -2.76. The van der Waals surface area contributed by atoms with Crippen LogP contribution in [0, 0.1) is 5.92 Å². The molecule has 0 rings (SSSR count). The van der Waals surface area contributed by atoms with Crippen molar-refractivity contribution in [2.75, 3.05) is 0 Å². The largest absolute Gasteiger partial charge is 0.390 e. The molecule has 0 aliphatic carbocycles. The molecule has 0 spiro atoms. The Hall–Kier alpha value is -0.250. The van der Waals surface area contributed by atoms with E-state index in [4.69, 9.17) is 5.73 Å². The smallest absolute Gasteiger partial charge is 0.327 e. The minimum absolute atomic E-state index is 0.470. The number of alkyl halides is 3. The fourth-order valence-electron chi connectivity index (χ4n) is 1.19. The molecule has 2 N–H and O–H groups in total. The first-order valence-electron chi connectivity index (χ1n) is 4.63. The van der Waals surface area contributed by atoms with Gasteiger partial charge in [0.05, 0.1) is 6.42 Å². The zero-order valence-corrected chi connectivity index (χ0v) is 8.19. The molecule has 0 saturated heterocycles. The number of hydrogen-bond acceptors (Lipinski definition) is 1. The van der Waals surface area contributed by atoms with E-state index in [-0.39, 0.29) is 0 Å². The van der Waals surface area contributed by atoms with Gasteiger partial charge in [-0.1, -0.05) is 26.7 Å². The Morgan fingerprint density at radius 2 is 1.69 bits per heavy atom. The second kappa shape index (κ2) is 5.47. The second-order valence-electron chi connectivity index (χ2n) is 3.90. The molecule has 0 bridgehead atoms. The molecule has 80 valence electrons. The Labute approximate surface area is 77.5 Å². The molecule has 0 saturated carbocycles. The first-order valence-corrected chi connectivity index (χ1v) is 4.63. The lowest BCUT2D eigenvalue weighted by molar-refractivity contribution is -0.138. The molecule has 0 aromatic heterocycles. The van der Waals surface area contributed by atoms with Crippen molar-refractivity contribution in [2.45, 2.75) is 51.7 Å². The van der Waals surface area contributed by atoms with Crippen LogP contribution in [-0.4, -0.2) is 12.2 Å². The summed E-state index contributed by atoms with van der Waals surface area (Å²) < 4.78 is 35.4. The van der Waals surface area contributed by atoms with E-state index in [0.717, 1.165) is 12.8 Å². The maximum atomic E-state index is 11.8. The molecule has 0 aromatic carbocycles. The van der Waals surface area contributed by atoms with Crippen LogP contribution < -0.4 is 5.73 Å². The van der Waals surface area contributed by atoms with E-state index in [1.54, 1.807) is 0 Å². The minimum atomic E-state index is -4.11. The highest BCUT2D eigenvalue weighted by atomic mass is 19.4. The average Bonchev–Trinajstić information content (AvgIpc) is 1.81. The van der Waals surface area contributed by atoms with Gasteiger partial charge in [-0.2, -0.15) is 13.2 Å². The van der Waals surface area contributed by atoms with Crippen LogP contribution in [0.25, 0.3) is 0 Å². The molecule has 13 heavy (non-hydrogen) atoms. The highest BCUT2D eigenvalue weighted by molar-refractivity contribution is 4.66. The summed E-state index contributed by atoms with van der Waals surface area (Å²) in [5.41, 5.74) is 5.33. The van der Waals surface area contributed by atoms with Crippen molar-refractivity contribution in [3.05, 3.63) is 0 Å². The van der Waals surface area contributed by atoms with Gasteiger partial charge in [-0.3, -0.25) is 0 Å². The average molecular weight is 197 g/mol. The third kappa shape index (κ3) is 9.67. The molecule has 0 aliphatic heterocycles. The molecule has 0 fully saturated rings. The number of halogens is 3. The predicted molar refractivity (Wildman–Crippen MR) is 47.3 cm³/mol. The Kier molecular flexibility index (Phi) is 5.37. The Morgan fingerprint density at radius 3 is 2.08 bits per heavy atom. The summed E-state index contributed by atoms with van der Waals surface area (Å²) in [4.78, 5) is 0. The van der Waals surface area contributed by atoms with Gasteiger partial charge in [-0.15, -0.1) is 0 Å². The normalized spacial score (nSPS) is 15.0. The molecule has 0 amide bonds. The summed E-state index contributed by atoms with van der Waals surface area (Å²) in [5, 5.41) is 0. The van der Waals surface area contributed by atoms with Crippen LogP contribution in [-0.2, 0) is 0 Å². The van der Waals surface area contributed by atoms with Crippen molar-refractivity contribution in [3.63, 3.8) is 0 Å². The van der Waals surface area contributed by atoms with Crippen LogP contribution in [0.2, 0.25) is 0 Å². The predicted octanol–water partition coefficient (Wildman–Crippen LogP) is 3.09. The van der Waals surface area contributed by atoms with E-state index in [1.807, 2.05) is 0 Å². The number of hydrogen-bond donors (Lipinski definition) is 1. The third-order valence-corrected chi connectivity index (χ3v) is 1.85. The third-order valence-electron chi connectivity index (χ3n) is 1.85. The van der Waals surface area contributed by atoms with E-state index in [0.29, 0.717) is 12.3 Å². The maximum Gasteiger partial charge on any atom is 0.390 e. The zero-order valence-electron chi connectivity index (χ0n) is 8.19. The summed E-state index contributed by atoms with van der Waals surface area (Å²) >= 11 is 0. The summed E-state index contributed by atoms with van der Waals surface area (Å²) in [7, 11) is 0. The standard InChI is InChI=1S/C9H18F3N/c1-7(2)4-3-5-8(13)6-9(10,11)12/h7-8H,3-6,13H2,1-2H3. The summed E-state index contributed by atoms with van der Waals surface area (Å²) in [6, 6.07) is -0.723. The summed E-state index contributed by atoms with van der Waals surface area (Å²) in [6.45, 7) is 4.10. The van der Waals surface area contributed by atoms with Crippen LogP contribution in [0.1, 0.15) is 39.5 Å². The van der Waals surface area contributed by atoms with E-state index in [9.17, 15) is 13.2 Å². The number of rotatable bonds is 5. The molecule has 0 aromatic rings. The molecule has 1 atom stereocenters. The fraction of sp³-hybridized carbons (Fsp3) is 1.00. The molecule has 0 heterocycles. The van der Waals surface area contributed by atoms with E-state index < -0.39 is 18.6 Å². The highest BCUT2D eigenvalue weighted by Crippen LogP contribution is 2.22. The zero-order chi connectivity index (χ0) is 10.5. The Morgan fingerprint density at radius 1 is 1.15 bits per heavy atom. The molecular formula is C9H18F3N. The van der Waals surface area contributed by atoms with Crippen molar-refractivity contribution < 1.29 is 13.2 Å². The molecule has 0 radical (unpaired) electrons. The van der Waals surface area contributed by atoms with Gasteiger partial charge in [0.15, 0.2) is 0 Å². The van der Waals surface area contributed by atoms with Gasteiger partial charge in [0.2, 0.25) is 0 Å². The first-order chi connectivity index (χ1) is 5.81. The van der Waals surface area contributed by atoms with E-state index in [2.05, 4.69) is 13.8 Å². The second-order valence-corrected chi connectivity index (χ2v) is 3.90. The monoisotopic (exact) mass is 197 g/mol. The molecule has 4 heteroatoms.